The van der Waals surface area contributed by atoms with Crippen LogP contribution in [-0.2, 0) is 0 Å². The average molecular weight is 411 g/mol. The molecule has 0 aromatic rings. The van der Waals surface area contributed by atoms with E-state index in [2.05, 4.69) is 66.7 Å². The SMILES string of the molecule is CC(C)C(/C=C/C(C)C1CCC2C3CC=C4CCCCC4(C)C3CCC12C)C(C)C. The molecule has 0 heterocycles. The summed E-state index contributed by atoms with van der Waals surface area (Å²) in [4.78, 5) is 0. The van der Waals surface area contributed by atoms with E-state index in [1.807, 2.05) is 5.57 Å². The Hall–Kier alpha value is -0.520. The van der Waals surface area contributed by atoms with Crippen molar-refractivity contribution in [1.82, 2.24) is 0 Å². The molecule has 0 nitrogen and oxygen atoms in total. The first-order chi connectivity index (χ1) is 14.2. The van der Waals surface area contributed by atoms with Crippen LogP contribution in [0.3, 0.4) is 0 Å². The molecule has 0 aromatic heterocycles. The summed E-state index contributed by atoms with van der Waals surface area (Å²) in [5.74, 6) is 6.76. The molecule has 30 heavy (non-hydrogen) atoms. The molecule has 0 aromatic carbocycles. The average Bonchev–Trinajstić information content (AvgIpc) is 3.04. The Morgan fingerprint density at radius 2 is 1.60 bits per heavy atom. The van der Waals surface area contributed by atoms with Crippen LogP contribution < -0.4 is 0 Å². The van der Waals surface area contributed by atoms with E-state index in [4.69, 9.17) is 0 Å². The van der Waals surface area contributed by atoms with Gasteiger partial charge in [0.1, 0.15) is 0 Å². The van der Waals surface area contributed by atoms with Gasteiger partial charge in [0.2, 0.25) is 0 Å². The van der Waals surface area contributed by atoms with Gasteiger partial charge >= 0.3 is 0 Å². The molecular formula is C30H50. The van der Waals surface area contributed by atoms with E-state index in [-0.39, 0.29) is 0 Å². The van der Waals surface area contributed by atoms with E-state index in [1.54, 1.807) is 0 Å². The molecule has 0 saturated heterocycles. The molecule has 0 aliphatic heterocycles. The smallest absolute Gasteiger partial charge is 0.00853 e. The van der Waals surface area contributed by atoms with E-state index < -0.39 is 0 Å². The van der Waals surface area contributed by atoms with E-state index >= 15 is 0 Å². The van der Waals surface area contributed by atoms with Gasteiger partial charge in [0.15, 0.2) is 0 Å². The van der Waals surface area contributed by atoms with Crippen LogP contribution in [0.2, 0.25) is 0 Å². The summed E-state index contributed by atoms with van der Waals surface area (Å²) in [7, 11) is 0. The molecule has 3 saturated carbocycles. The summed E-state index contributed by atoms with van der Waals surface area (Å²) in [6.45, 7) is 17.5. The lowest BCUT2D eigenvalue weighted by atomic mass is 9.47. The van der Waals surface area contributed by atoms with Gasteiger partial charge in [0, 0.05) is 0 Å². The lowest BCUT2D eigenvalue weighted by Crippen LogP contribution is -2.49. The third-order valence-corrected chi connectivity index (χ3v) is 10.9. The highest BCUT2D eigenvalue weighted by molar-refractivity contribution is 5.24. The van der Waals surface area contributed by atoms with Crippen molar-refractivity contribution in [2.45, 2.75) is 106 Å². The molecule has 0 N–H and O–H groups in total. The van der Waals surface area contributed by atoms with Crippen molar-refractivity contribution in [3.05, 3.63) is 23.8 Å². The van der Waals surface area contributed by atoms with Gasteiger partial charge in [-0.15, -0.1) is 0 Å². The van der Waals surface area contributed by atoms with Crippen LogP contribution in [0.15, 0.2) is 23.8 Å². The summed E-state index contributed by atoms with van der Waals surface area (Å²) in [6.07, 6.45) is 21.1. The predicted molar refractivity (Wildman–Crippen MR) is 131 cm³/mol. The van der Waals surface area contributed by atoms with Crippen molar-refractivity contribution in [2.24, 2.45) is 58.2 Å². The van der Waals surface area contributed by atoms with Crippen molar-refractivity contribution >= 4 is 0 Å². The fraction of sp³-hybridized carbons (Fsp3) is 0.867. The molecule has 0 spiro atoms. The van der Waals surface area contributed by atoms with Crippen LogP contribution in [0.5, 0.6) is 0 Å². The van der Waals surface area contributed by atoms with Crippen molar-refractivity contribution in [3.8, 4) is 0 Å². The quantitative estimate of drug-likeness (QED) is 0.396. The van der Waals surface area contributed by atoms with Gasteiger partial charge in [-0.25, -0.2) is 0 Å². The number of fused-ring (bicyclic) bond motifs is 5. The lowest BCUT2D eigenvalue weighted by Gasteiger charge is -2.58. The normalized spacial score (nSPS) is 42.4. The van der Waals surface area contributed by atoms with Crippen LogP contribution in [0.25, 0.3) is 0 Å². The molecule has 0 radical (unpaired) electrons. The molecule has 4 rings (SSSR count). The van der Waals surface area contributed by atoms with Crippen molar-refractivity contribution < 1.29 is 0 Å². The van der Waals surface area contributed by atoms with Crippen LogP contribution in [0, 0.1) is 58.2 Å². The van der Waals surface area contributed by atoms with Gasteiger partial charge in [-0.3, -0.25) is 0 Å². The molecule has 0 heteroatoms. The molecule has 4 aliphatic rings. The molecule has 0 bridgehead atoms. The third kappa shape index (κ3) is 3.67. The zero-order valence-corrected chi connectivity index (χ0v) is 21.2. The molecule has 4 aliphatic carbocycles. The summed E-state index contributed by atoms with van der Waals surface area (Å²) in [5.41, 5.74) is 2.98. The maximum absolute atomic E-state index is 2.73. The topological polar surface area (TPSA) is 0 Å². The van der Waals surface area contributed by atoms with Crippen LogP contribution in [0.1, 0.15) is 106 Å². The number of hydrogen-bond acceptors (Lipinski definition) is 0. The van der Waals surface area contributed by atoms with E-state index in [0.717, 1.165) is 47.3 Å². The van der Waals surface area contributed by atoms with Crippen molar-refractivity contribution in [1.29, 1.82) is 0 Å². The number of hydrogen-bond donors (Lipinski definition) is 0. The van der Waals surface area contributed by atoms with Gasteiger partial charge in [-0.1, -0.05) is 78.7 Å². The Morgan fingerprint density at radius 3 is 2.30 bits per heavy atom. The van der Waals surface area contributed by atoms with Crippen LogP contribution >= 0.6 is 0 Å². The molecular weight excluding hydrogens is 360 g/mol. The number of allylic oxidation sites excluding steroid dienone is 4. The Labute approximate surface area is 188 Å². The second-order valence-corrected chi connectivity index (χ2v) is 13.0. The third-order valence-electron chi connectivity index (χ3n) is 10.9. The zero-order valence-electron chi connectivity index (χ0n) is 21.2. The minimum Gasteiger partial charge on any atom is -0.0851 e. The fourth-order valence-corrected chi connectivity index (χ4v) is 9.25. The Balaban J connectivity index is 1.52. The number of rotatable bonds is 5. The first-order valence-electron chi connectivity index (χ1n) is 13.6. The Bertz CT molecular complexity index is 658. The van der Waals surface area contributed by atoms with Crippen molar-refractivity contribution in [3.63, 3.8) is 0 Å². The van der Waals surface area contributed by atoms with Gasteiger partial charge in [-0.2, -0.15) is 0 Å². The fourth-order valence-electron chi connectivity index (χ4n) is 9.25. The standard InChI is InChI=1S/C30H50/c1-20(2)24(21(3)4)13-11-22(5)26-15-16-27-25-14-12-23-10-8-9-18-29(23,6)28(25)17-19-30(26,27)7/h11-13,20-22,24-28H,8-10,14-19H2,1-7H3/b13-11+. The van der Waals surface area contributed by atoms with Gasteiger partial charge in [0.25, 0.3) is 0 Å². The first kappa shape index (κ1) is 22.7. The molecule has 3 fully saturated rings. The summed E-state index contributed by atoms with van der Waals surface area (Å²) in [6, 6.07) is 0. The first-order valence-corrected chi connectivity index (χ1v) is 13.6. The zero-order chi connectivity index (χ0) is 21.7. The van der Waals surface area contributed by atoms with E-state index in [9.17, 15) is 0 Å². The summed E-state index contributed by atoms with van der Waals surface area (Å²) >= 11 is 0. The minimum atomic E-state index is 0.549. The maximum Gasteiger partial charge on any atom is -0.00853 e. The summed E-state index contributed by atoms with van der Waals surface area (Å²) in [5, 5.41) is 0. The second-order valence-electron chi connectivity index (χ2n) is 13.0. The van der Waals surface area contributed by atoms with Crippen LogP contribution in [0.4, 0.5) is 0 Å². The molecule has 7 unspecified atom stereocenters. The largest absolute Gasteiger partial charge is 0.0851 e. The van der Waals surface area contributed by atoms with E-state index in [1.165, 1.54) is 57.8 Å². The van der Waals surface area contributed by atoms with Gasteiger partial charge < -0.3 is 0 Å². The van der Waals surface area contributed by atoms with Gasteiger partial charge in [0.05, 0.1) is 0 Å². The minimum absolute atomic E-state index is 0.549. The Kier molecular flexibility index (Phi) is 6.38. The van der Waals surface area contributed by atoms with Gasteiger partial charge in [-0.05, 0) is 110 Å². The molecule has 7 atom stereocenters. The predicted octanol–water partition coefficient (Wildman–Crippen LogP) is 9.08. The molecule has 170 valence electrons. The highest BCUT2D eigenvalue weighted by Crippen LogP contribution is 2.67. The second kappa shape index (κ2) is 8.44. The highest BCUT2D eigenvalue weighted by Gasteiger charge is 2.58. The molecule has 0 amide bonds. The summed E-state index contributed by atoms with van der Waals surface area (Å²) < 4.78 is 0. The monoisotopic (exact) mass is 410 g/mol. The van der Waals surface area contributed by atoms with Crippen LogP contribution in [-0.4, -0.2) is 0 Å². The lowest BCUT2D eigenvalue weighted by molar-refractivity contribution is -0.0462. The maximum atomic E-state index is 2.73. The van der Waals surface area contributed by atoms with Crippen molar-refractivity contribution in [2.75, 3.05) is 0 Å². The Morgan fingerprint density at radius 1 is 0.867 bits per heavy atom. The van der Waals surface area contributed by atoms with E-state index in [0.29, 0.717) is 10.8 Å². The highest BCUT2D eigenvalue weighted by atomic mass is 14.6.